The molecule has 178 valence electrons. The number of carbonyl (C=O) groups excluding carboxylic acids is 3. The number of H-pyrrole nitrogens is 1. The third-order valence-corrected chi connectivity index (χ3v) is 5.49. The van der Waals surface area contributed by atoms with E-state index in [0.717, 1.165) is 0 Å². The Morgan fingerprint density at radius 3 is 2.21 bits per heavy atom. The fourth-order valence-corrected chi connectivity index (χ4v) is 4.17. The van der Waals surface area contributed by atoms with Gasteiger partial charge in [-0.3, -0.25) is 4.79 Å². The molecule has 2 aromatic heterocycles. The number of halogens is 2. The number of nitrogens with one attached hydrogen (secondary N) is 2. The third kappa shape index (κ3) is 5.45. The summed E-state index contributed by atoms with van der Waals surface area (Å²) in [6.07, 6.45) is -0.412. The van der Waals surface area contributed by atoms with Crippen molar-refractivity contribution in [3.05, 3.63) is 32.9 Å². The Morgan fingerprint density at radius 1 is 1.12 bits per heavy atom. The molecule has 3 heterocycles. The van der Waals surface area contributed by atoms with E-state index in [1.165, 1.54) is 12.3 Å². The number of rotatable bonds is 2. The molecule has 0 saturated carbocycles. The van der Waals surface area contributed by atoms with Gasteiger partial charge in [0, 0.05) is 30.4 Å². The van der Waals surface area contributed by atoms with Gasteiger partial charge in [-0.15, -0.1) is 0 Å². The number of ether oxygens (including phenoxy) is 2. The zero-order valence-electron chi connectivity index (χ0n) is 19.3. The molecule has 0 spiro atoms. The maximum Gasteiger partial charge on any atom is 0.425 e. The van der Waals surface area contributed by atoms with Crippen LogP contribution in [0.5, 0.6) is 0 Å². The van der Waals surface area contributed by atoms with Crippen molar-refractivity contribution in [3.8, 4) is 11.3 Å². The van der Waals surface area contributed by atoms with Crippen molar-refractivity contribution in [1.82, 2.24) is 15.3 Å². The van der Waals surface area contributed by atoms with Crippen LogP contribution < -0.4 is 10.2 Å². The van der Waals surface area contributed by atoms with Gasteiger partial charge in [-0.25, -0.2) is 19.0 Å². The predicted octanol–water partition coefficient (Wildman–Crippen LogP) is 4.78. The molecule has 11 heteroatoms. The van der Waals surface area contributed by atoms with E-state index in [9.17, 15) is 14.4 Å². The smallest absolute Gasteiger partial charge is 0.425 e. The minimum absolute atomic E-state index is 0.0451. The average molecular weight is 572 g/mol. The van der Waals surface area contributed by atoms with Crippen LogP contribution in [0.3, 0.4) is 0 Å². The van der Waals surface area contributed by atoms with Crippen molar-refractivity contribution >= 4 is 46.5 Å². The molecule has 0 radical (unpaired) electrons. The van der Waals surface area contributed by atoms with Crippen LogP contribution in [0.25, 0.3) is 11.3 Å². The summed E-state index contributed by atoms with van der Waals surface area (Å²) in [4.78, 5) is 45.6. The molecule has 0 aliphatic carbocycles. The zero-order chi connectivity index (χ0) is 24.7. The van der Waals surface area contributed by atoms with E-state index in [4.69, 9.17) is 9.47 Å². The van der Waals surface area contributed by atoms with E-state index >= 15 is 4.39 Å². The number of aromatic nitrogens is 2. The minimum Gasteiger partial charge on any atom is -0.443 e. The number of amides is 3. The highest BCUT2D eigenvalue weighted by Gasteiger charge is 2.36. The summed E-state index contributed by atoms with van der Waals surface area (Å²) in [5.74, 6) is -1.75. The van der Waals surface area contributed by atoms with Crippen molar-refractivity contribution in [1.29, 1.82) is 0 Å². The molecule has 1 aliphatic heterocycles. The Hall–Kier alpha value is -2.70. The van der Waals surface area contributed by atoms with Gasteiger partial charge >= 0.3 is 12.2 Å². The van der Waals surface area contributed by atoms with Gasteiger partial charge in [-0.1, -0.05) is 0 Å². The van der Waals surface area contributed by atoms with Gasteiger partial charge in [0.15, 0.2) is 11.6 Å². The van der Waals surface area contributed by atoms with Crippen molar-refractivity contribution in [2.75, 3.05) is 11.4 Å². The van der Waals surface area contributed by atoms with Crippen LogP contribution in [-0.2, 0) is 15.9 Å². The van der Waals surface area contributed by atoms with Gasteiger partial charge in [0.2, 0.25) is 0 Å². The van der Waals surface area contributed by atoms with Crippen LogP contribution in [0.2, 0.25) is 0 Å². The van der Waals surface area contributed by atoms with E-state index in [0.29, 0.717) is 38.4 Å². The first-order chi connectivity index (χ1) is 15.2. The number of anilines is 1. The van der Waals surface area contributed by atoms with E-state index in [1.807, 2.05) is 22.6 Å². The molecule has 3 rings (SSSR count). The molecule has 0 bridgehead atoms. The first-order valence-electron chi connectivity index (χ1n) is 10.3. The van der Waals surface area contributed by atoms with Crippen LogP contribution in [0.1, 0.15) is 57.6 Å². The fraction of sp³-hybridized carbons (Fsp3) is 0.455. The van der Waals surface area contributed by atoms with Crippen LogP contribution in [-0.4, -0.2) is 45.8 Å². The highest BCUT2D eigenvalue weighted by Crippen LogP contribution is 2.35. The van der Waals surface area contributed by atoms with E-state index < -0.39 is 35.0 Å². The topological polar surface area (TPSA) is 114 Å². The Balaban J connectivity index is 2.12. The number of hydrogen-bond donors (Lipinski definition) is 2. The van der Waals surface area contributed by atoms with Crippen LogP contribution in [0.15, 0.2) is 12.3 Å². The first-order valence-corrected chi connectivity index (χ1v) is 11.4. The maximum atomic E-state index is 15.8. The lowest BCUT2D eigenvalue weighted by Gasteiger charge is -2.28. The molecule has 1 aliphatic rings. The molecule has 0 atom stereocenters. The lowest BCUT2D eigenvalue weighted by atomic mass is 10.1. The maximum absolute atomic E-state index is 15.8. The highest BCUT2D eigenvalue weighted by molar-refractivity contribution is 14.1. The summed E-state index contributed by atoms with van der Waals surface area (Å²) in [6.45, 7) is 10.2. The van der Waals surface area contributed by atoms with E-state index in [-0.39, 0.29) is 11.5 Å². The molecule has 2 N–H and O–H groups in total. The summed E-state index contributed by atoms with van der Waals surface area (Å²) in [5, 5.41) is 2.76. The second-order valence-corrected chi connectivity index (χ2v) is 10.5. The molecule has 3 amide bonds. The quantitative estimate of drug-likeness (QED) is 0.501. The number of aromatic amines is 1. The standard InChI is InChI=1S/C22H26FIN4O5/c1-21(2,3)32-19(30)28(20(31)33-22(4,5)6)17-14(23)11(7-9-25-17)16-15(24)13-12(27-16)8-10-26-18(13)29/h7,9,27H,8,10H2,1-6H3,(H,26,29). The number of pyridine rings is 1. The van der Waals surface area contributed by atoms with Gasteiger partial charge in [0.25, 0.3) is 5.91 Å². The molecule has 2 aromatic rings. The second-order valence-electron chi connectivity index (χ2n) is 9.47. The third-order valence-electron chi connectivity index (χ3n) is 4.41. The number of nitrogens with zero attached hydrogens (tertiary/aromatic N) is 2. The van der Waals surface area contributed by atoms with Crippen molar-refractivity contribution in [2.24, 2.45) is 0 Å². The van der Waals surface area contributed by atoms with Gasteiger partial charge < -0.3 is 19.8 Å². The van der Waals surface area contributed by atoms with Crippen molar-refractivity contribution in [3.63, 3.8) is 0 Å². The zero-order valence-corrected chi connectivity index (χ0v) is 21.4. The van der Waals surface area contributed by atoms with Crippen molar-refractivity contribution < 1.29 is 28.2 Å². The average Bonchev–Trinajstić information content (AvgIpc) is 2.98. The monoisotopic (exact) mass is 572 g/mol. The number of hydrogen-bond acceptors (Lipinski definition) is 6. The molecule has 0 saturated heterocycles. The van der Waals surface area contributed by atoms with Gasteiger partial charge in [0.1, 0.15) is 11.2 Å². The van der Waals surface area contributed by atoms with Crippen LogP contribution in [0.4, 0.5) is 19.8 Å². The van der Waals surface area contributed by atoms with Gasteiger partial charge in [-0.05, 0) is 70.2 Å². The highest BCUT2D eigenvalue weighted by atomic mass is 127. The Labute approximate surface area is 204 Å². The Bertz CT molecular complexity index is 1090. The van der Waals surface area contributed by atoms with Crippen LogP contribution in [0, 0.1) is 9.39 Å². The van der Waals surface area contributed by atoms with Gasteiger partial charge in [-0.2, -0.15) is 4.90 Å². The summed E-state index contributed by atoms with van der Waals surface area (Å²) in [6, 6.07) is 1.40. The summed E-state index contributed by atoms with van der Waals surface area (Å²) < 4.78 is 26.9. The lowest BCUT2D eigenvalue weighted by molar-refractivity contribution is 0.0427. The Morgan fingerprint density at radius 2 is 1.70 bits per heavy atom. The molecular weight excluding hydrogens is 546 g/mol. The minimum atomic E-state index is -1.12. The molecular formula is C22H26FIN4O5. The summed E-state index contributed by atoms with van der Waals surface area (Å²) >= 11 is 1.97. The van der Waals surface area contributed by atoms with E-state index in [1.54, 1.807) is 41.5 Å². The first kappa shape index (κ1) is 24.9. The van der Waals surface area contributed by atoms with E-state index in [2.05, 4.69) is 15.3 Å². The van der Waals surface area contributed by atoms with Crippen molar-refractivity contribution in [2.45, 2.75) is 59.2 Å². The SMILES string of the molecule is CC(C)(C)OC(=O)N(C(=O)OC(C)(C)C)c1nccc(-c2[nH]c3c(c2I)C(=O)NCC3)c1F. The predicted molar refractivity (Wildman–Crippen MR) is 128 cm³/mol. The summed E-state index contributed by atoms with van der Waals surface area (Å²) in [5.41, 5.74) is -0.368. The molecule has 9 nitrogen and oxygen atoms in total. The number of carbonyl (C=O) groups is 3. The molecule has 0 aromatic carbocycles. The molecule has 0 unspecified atom stereocenters. The van der Waals surface area contributed by atoms with Gasteiger partial charge in [0.05, 0.1) is 14.8 Å². The Kier molecular flexibility index (Phi) is 6.74. The summed E-state index contributed by atoms with van der Waals surface area (Å²) in [7, 11) is 0. The second kappa shape index (κ2) is 8.92. The fourth-order valence-electron chi connectivity index (χ4n) is 3.17. The molecule has 33 heavy (non-hydrogen) atoms. The lowest BCUT2D eigenvalue weighted by Crippen LogP contribution is -2.44. The molecule has 0 fully saturated rings. The largest absolute Gasteiger partial charge is 0.443 e. The normalized spacial score (nSPS) is 13.8. The number of imide groups is 1. The van der Waals surface area contributed by atoms with Crippen LogP contribution >= 0.6 is 22.6 Å². The number of fused-ring (bicyclic) bond motifs is 1.